The highest BCUT2D eigenvalue weighted by Crippen LogP contribution is 2.19. The van der Waals surface area contributed by atoms with Gasteiger partial charge in [0, 0.05) is 11.9 Å². The molecule has 1 aromatic heterocycles. The van der Waals surface area contributed by atoms with Crippen LogP contribution in [0.25, 0.3) is 0 Å². The first-order chi connectivity index (χ1) is 7.79. The number of aromatic nitrogens is 2. The minimum absolute atomic E-state index is 0.467. The molecule has 0 aliphatic carbocycles. The Bertz CT molecular complexity index is 513. The van der Waals surface area contributed by atoms with Crippen LogP contribution in [0.5, 0.6) is 0 Å². The fourth-order valence-corrected chi connectivity index (χ4v) is 1.46. The Kier molecular flexibility index (Phi) is 3.08. The Labute approximate surface area is 97.9 Å². The molecule has 2 rings (SSSR count). The Hall–Kier alpha value is -1.99. The molecule has 0 saturated heterocycles. The van der Waals surface area contributed by atoms with E-state index in [4.69, 9.17) is 16.9 Å². The van der Waals surface area contributed by atoms with Gasteiger partial charge < -0.3 is 5.32 Å². The first-order valence-corrected chi connectivity index (χ1v) is 5.09. The zero-order valence-corrected chi connectivity index (χ0v) is 9.12. The zero-order chi connectivity index (χ0) is 11.4. The maximum Gasteiger partial charge on any atom is 0.101 e. The van der Waals surface area contributed by atoms with Gasteiger partial charge >= 0.3 is 0 Å². The lowest BCUT2D eigenvalue weighted by Gasteiger charge is -2.05. The number of benzene rings is 1. The van der Waals surface area contributed by atoms with Crippen molar-refractivity contribution in [2.45, 2.75) is 6.54 Å². The largest absolute Gasteiger partial charge is 0.379 e. The van der Waals surface area contributed by atoms with Crippen molar-refractivity contribution in [2.24, 2.45) is 0 Å². The van der Waals surface area contributed by atoms with Gasteiger partial charge in [-0.15, -0.1) is 0 Å². The van der Waals surface area contributed by atoms with Crippen LogP contribution < -0.4 is 5.32 Å². The van der Waals surface area contributed by atoms with E-state index in [9.17, 15) is 0 Å². The van der Waals surface area contributed by atoms with Gasteiger partial charge in [-0.3, -0.25) is 5.10 Å². The fraction of sp³-hybridized carbons (Fsp3) is 0.0909. The molecule has 0 aliphatic heterocycles. The second-order valence-electron chi connectivity index (χ2n) is 3.24. The lowest BCUT2D eigenvalue weighted by Crippen LogP contribution is -2.00. The monoisotopic (exact) mass is 232 g/mol. The van der Waals surface area contributed by atoms with Gasteiger partial charge in [0.25, 0.3) is 0 Å². The number of nitrogens with one attached hydrogen (secondary N) is 2. The van der Waals surface area contributed by atoms with Crippen molar-refractivity contribution in [3.05, 3.63) is 46.7 Å². The molecule has 0 spiro atoms. The molecule has 0 radical (unpaired) electrons. The number of H-pyrrole nitrogens is 1. The second-order valence-corrected chi connectivity index (χ2v) is 3.65. The Balaban J connectivity index is 2.08. The number of nitrogens with zero attached hydrogens (tertiary/aromatic N) is 2. The summed E-state index contributed by atoms with van der Waals surface area (Å²) >= 11 is 5.83. The predicted molar refractivity (Wildman–Crippen MR) is 62.1 cm³/mol. The third-order valence-electron chi connectivity index (χ3n) is 2.13. The molecule has 0 unspecified atom stereocenters. The first kappa shape index (κ1) is 10.5. The SMILES string of the molecule is N#Cc1cc(NCc2ccn[nH]2)ccc1Cl. The molecule has 16 heavy (non-hydrogen) atoms. The molecular formula is C11H9ClN4. The van der Waals surface area contributed by atoms with Gasteiger partial charge in [0.2, 0.25) is 0 Å². The van der Waals surface area contributed by atoms with E-state index in [-0.39, 0.29) is 0 Å². The Morgan fingerprint density at radius 3 is 3.00 bits per heavy atom. The molecule has 1 heterocycles. The third-order valence-corrected chi connectivity index (χ3v) is 2.46. The van der Waals surface area contributed by atoms with Gasteiger partial charge in [-0.1, -0.05) is 11.6 Å². The van der Waals surface area contributed by atoms with Crippen molar-refractivity contribution >= 4 is 17.3 Å². The predicted octanol–water partition coefficient (Wildman–Crippen LogP) is 2.55. The number of anilines is 1. The molecule has 2 aromatic rings. The number of rotatable bonds is 3. The summed E-state index contributed by atoms with van der Waals surface area (Å²) in [5.41, 5.74) is 2.31. The lowest BCUT2D eigenvalue weighted by atomic mass is 10.2. The van der Waals surface area contributed by atoms with Gasteiger partial charge in [-0.2, -0.15) is 10.4 Å². The number of nitriles is 1. The number of aromatic amines is 1. The van der Waals surface area contributed by atoms with Crippen LogP contribution in [0.15, 0.2) is 30.5 Å². The van der Waals surface area contributed by atoms with Gasteiger partial charge in [0.1, 0.15) is 6.07 Å². The van der Waals surface area contributed by atoms with E-state index in [1.807, 2.05) is 18.2 Å². The van der Waals surface area contributed by atoms with Crippen LogP contribution in [-0.2, 0) is 6.54 Å². The van der Waals surface area contributed by atoms with Crippen molar-refractivity contribution in [1.29, 1.82) is 5.26 Å². The normalized spacial score (nSPS) is 9.75. The molecule has 0 amide bonds. The molecule has 0 aliphatic rings. The summed E-state index contributed by atoms with van der Waals surface area (Å²) in [5.74, 6) is 0. The van der Waals surface area contributed by atoms with Gasteiger partial charge in [0.15, 0.2) is 0 Å². The molecule has 2 N–H and O–H groups in total. The minimum Gasteiger partial charge on any atom is -0.379 e. The van der Waals surface area contributed by atoms with E-state index in [0.717, 1.165) is 11.4 Å². The second kappa shape index (κ2) is 4.69. The average molecular weight is 233 g/mol. The summed E-state index contributed by atoms with van der Waals surface area (Å²) < 4.78 is 0. The average Bonchev–Trinajstić information content (AvgIpc) is 2.81. The van der Waals surface area contributed by atoms with E-state index in [1.165, 1.54) is 0 Å². The summed E-state index contributed by atoms with van der Waals surface area (Å²) in [5, 5.41) is 19.1. The molecule has 0 atom stereocenters. The fourth-order valence-electron chi connectivity index (χ4n) is 1.30. The van der Waals surface area contributed by atoms with Crippen LogP contribution >= 0.6 is 11.6 Å². The summed E-state index contributed by atoms with van der Waals surface area (Å²) in [7, 11) is 0. The van der Waals surface area contributed by atoms with Gasteiger partial charge in [0.05, 0.1) is 22.8 Å². The highest BCUT2D eigenvalue weighted by Gasteiger charge is 2.01. The van der Waals surface area contributed by atoms with Crippen molar-refractivity contribution in [3.8, 4) is 6.07 Å². The maximum atomic E-state index is 8.82. The number of halogens is 1. The van der Waals surface area contributed by atoms with Crippen molar-refractivity contribution in [3.63, 3.8) is 0 Å². The summed E-state index contributed by atoms with van der Waals surface area (Å²) in [6.45, 7) is 0.631. The zero-order valence-electron chi connectivity index (χ0n) is 8.37. The standard InChI is InChI=1S/C11H9ClN4/c12-11-2-1-9(5-8(11)6-13)14-7-10-3-4-15-16-10/h1-5,14H,7H2,(H,15,16). The molecule has 4 nitrogen and oxygen atoms in total. The van der Waals surface area contributed by atoms with Crippen LogP contribution in [0.2, 0.25) is 5.02 Å². The topological polar surface area (TPSA) is 64.5 Å². The minimum atomic E-state index is 0.467. The highest BCUT2D eigenvalue weighted by atomic mass is 35.5. The van der Waals surface area contributed by atoms with Crippen LogP contribution in [0.3, 0.4) is 0 Å². The summed E-state index contributed by atoms with van der Waals surface area (Å²) in [6.07, 6.45) is 1.69. The number of hydrogen-bond acceptors (Lipinski definition) is 3. The van der Waals surface area contributed by atoms with Crippen molar-refractivity contribution in [1.82, 2.24) is 10.2 Å². The van der Waals surface area contributed by atoms with E-state index in [0.29, 0.717) is 17.1 Å². The smallest absolute Gasteiger partial charge is 0.101 e. The van der Waals surface area contributed by atoms with E-state index in [1.54, 1.807) is 18.3 Å². The Morgan fingerprint density at radius 2 is 2.31 bits per heavy atom. The van der Waals surface area contributed by atoms with E-state index in [2.05, 4.69) is 15.5 Å². The van der Waals surface area contributed by atoms with E-state index >= 15 is 0 Å². The third kappa shape index (κ3) is 2.33. The Morgan fingerprint density at radius 1 is 1.44 bits per heavy atom. The quantitative estimate of drug-likeness (QED) is 0.855. The maximum absolute atomic E-state index is 8.82. The van der Waals surface area contributed by atoms with Crippen LogP contribution in [0.4, 0.5) is 5.69 Å². The summed E-state index contributed by atoms with van der Waals surface area (Å²) in [4.78, 5) is 0. The van der Waals surface area contributed by atoms with Crippen molar-refractivity contribution in [2.75, 3.05) is 5.32 Å². The van der Waals surface area contributed by atoms with Crippen molar-refractivity contribution < 1.29 is 0 Å². The highest BCUT2D eigenvalue weighted by molar-refractivity contribution is 6.31. The molecule has 0 saturated carbocycles. The molecule has 0 bridgehead atoms. The van der Waals surface area contributed by atoms with Gasteiger partial charge in [-0.25, -0.2) is 0 Å². The van der Waals surface area contributed by atoms with Crippen LogP contribution in [0, 0.1) is 11.3 Å². The molecular weight excluding hydrogens is 224 g/mol. The van der Waals surface area contributed by atoms with Crippen LogP contribution in [0.1, 0.15) is 11.3 Å². The molecule has 0 fully saturated rings. The van der Waals surface area contributed by atoms with Gasteiger partial charge in [-0.05, 0) is 24.3 Å². The first-order valence-electron chi connectivity index (χ1n) is 4.71. The number of hydrogen-bond donors (Lipinski definition) is 2. The lowest BCUT2D eigenvalue weighted by molar-refractivity contribution is 0.981. The molecule has 1 aromatic carbocycles. The molecule has 80 valence electrons. The van der Waals surface area contributed by atoms with E-state index < -0.39 is 0 Å². The molecule has 5 heteroatoms. The van der Waals surface area contributed by atoms with Crippen LogP contribution in [-0.4, -0.2) is 10.2 Å². The summed E-state index contributed by atoms with van der Waals surface area (Å²) in [6, 6.07) is 9.18.